The van der Waals surface area contributed by atoms with E-state index in [0.717, 1.165) is 10.9 Å². The van der Waals surface area contributed by atoms with Gasteiger partial charge in [0, 0.05) is 16.6 Å². The van der Waals surface area contributed by atoms with Crippen LogP contribution in [0.2, 0.25) is 0 Å². The highest BCUT2D eigenvalue weighted by molar-refractivity contribution is 9.10. The molecule has 1 aromatic carbocycles. The van der Waals surface area contributed by atoms with E-state index in [9.17, 15) is 19.1 Å². The van der Waals surface area contributed by atoms with E-state index in [1.807, 2.05) is 0 Å². The van der Waals surface area contributed by atoms with Crippen LogP contribution >= 0.6 is 15.9 Å². The van der Waals surface area contributed by atoms with Crippen LogP contribution in [0.1, 0.15) is 33.5 Å². The number of carbonyl (C=O) groups is 2. The molecule has 0 fully saturated rings. The number of carboxylic acid groups (broad SMARTS) is 2. The first-order valence-corrected chi connectivity index (χ1v) is 7.19. The standard InChI is InChI=1S/C14H13BrFN3O4/c1-14(17,8-4-7(15)2-3-9(8)16)5-19-6-18-10(12(20)21)11(19)13(22)23/h2-4,6H,5,17H2,1H3,(H,20,21)(H,22,23)/t14-/m0/s1. The monoisotopic (exact) mass is 385 g/mol. The lowest BCUT2D eigenvalue weighted by atomic mass is 9.92. The van der Waals surface area contributed by atoms with Crippen LogP contribution in [0.3, 0.4) is 0 Å². The zero-order valence-electron chi connectivity index (χ0n) is 12.0. The van der Waals surface area contributed by atoms with Crippen LogP contribution in [-0.4, -0.2) is 31.7 Å². The Morgan fingerprint density at radius 3 is 2.61 bits per heavy atom. The van der Waals surface area contributed by atoms with Gasteiger partial charge in [-0.15, -0.1) is 0 Å². The average molecular weight is 386 g/mol. The SMILES string of the molecule is C[C@](N)(Cn1cnc(C(=O)O)c1C(=O)O)c1cc(Br)ccc1F. The van der Waals surface area contributed by atoms with Crippen LogP contribution in [0.5, 0.6) is 0 Å². The minimum absolute atomic E-state index is 0.161. The number of halogens is 2. The largest absolute Gasteiger partial charge is 0.476 e. The van der Waals surface area contributed by atoms with E-state index < -0.39 is 34.7 Å². The molecule has 0 unspecified atom stereocenters. The summed E-state index contributed by atoms with van der Waals surface area (Å²) in [4.78, 5) is 25.9. The summed E-state index contributed by atoms with van der Waals surface area (Å²) in [5, 5.41) is 18.2. The van der Waals surface area contributed by atoms with Crippen molar-refractivity contribution in [3.8, 4) is 0 Å². The number of nitrogens with zero attached hydrogens (tertiary/aromatic N) is 2. The third-order valence-corrected chi connectivity index (χ3v) is 3.78. The Hall–Kier alpha value is -2.26. The van der Waals surface area contributed by atoms with Crippen molar-refractivity contribution in [2.75, 3.05) is 0 Å². The Morgan fingerprint density at radius 2 is 2.04 bits per heavy atom. The fourth-order valence-electron chi connectivity index (χ4n) is 2.26. The van der Waals surface area contributed by atoms with Gasteiger partial charge in [0.25, 0.3) is 0 Å². The van der Waals surface area contributed by atoms with Gasteiger partial charge < -0.3 is 20.5 Å². The molecule has 0 spiro atoms. The normalized spacial score (nSPS) is 13.6. The van der Waals surface area contributed by atoms with E-state index in [2.05, 4.69) is 20.9 Å². The Labute approximate surface area is 138 Å². The molecule has 0 radical (unpaired) electrons. The molecule has 7 nitrogen and oxygen atoms in total. The smallest absolute Gasteiger partial charge is 0.357 e. The molecule has 2 rings (SSSR count). The summed E-state index contributed by atoms with van der Waals surface area (Å²) in [7, 11) is 0. The first-order chi connectivity index (χ1) is 10.6. The molecule has 1 atom stereocenters. The van der Waals surface area contributed by atoms with Crippen LogP contribution < -0.4 is 5.73 Å². The highest BCUT2D eigenvalue weighted by atomic mass is 79.9. The summed E-state index contributed by atoms with van der Waals surface area (Å²) >= 11 is 3.22. The van der Waals surface area contributed by atoms with Gasteiger partial charge in [-0.3, -0.25) is 0 Å². The third kappa shape index (κ3) is 3.40. The maximum absolute atomic E-state index is 14.0. The first-order valence-electron chi connectivity index (χ1n) is 6.39. The fourth-order valence-corrected chi connectivity index (χ4v) is 2.62. The third-order valence-electron chi connectivity index (χ3n) is 3.29. The van der Waals surface area contributed by atoms with Crippen molar-refractivity contribution in [2.45, 2.75) is 19.0 Å². The van der Waals surface area contributed by atoms with Gasteiger partial charge >= 0.3 is 11.9 Å². The lowest BCUT2D eigenvalue weighted by Gasteiger charge is -2.27. The second-order valence-corrected chi connectivity index (χ2v) is 6.14. The van der Waals surface area contributed by atoms with E-state index in [1.165, 1.54) is 25.1 Å². The number of rotatable bonds is 5. The Balaban J connectivity index is 2.47. The van der Waals surface area contributed by atoms with Gasteiger partial charge in [0.2, 0.25) is 0 Å². The van der Waals surface area contributed by atoms with Crippen molar-refractivity contribution >= 4 is 27.9 Å². The van der Waals surface area contributed by atoms with Gasteiger partial charge in [0.15, 0.2) is 11.4 Å². The summed E-state index contributed by atoms with van der Waals surface area (Å²) in [6.07, 6.45) is 1.06. The van der Waals surface area contributed by atoms with Crippen LogP contribution in [0.25, 0.3) is 0 Å². The molecule has 1 heterocycles. The zero-order chi connectivity index (χ0) is 17.4. The van der Waals surface area contributed by atoms with Crippen molar-refractivity contribution in [2.24, 2.45) is 5.73 Å². The molecular formula is C14H13BrFN3O4. The molecule has 23 heavy (non-hydrogen) atoms. The topological polar surface area (TPSA) is 118 Å². The molecule has 0 saturated carbocycles. The maximum Gasteiger partial charge on any atom is 0.357 e. The van der Waals surface area contributed by atoms with Gasteiger partial charge in [0.1, 0.15) is 5.82 Å². The lowest BCUT2D eigenvalue weighted by molar-refractivity contribution is 0.0639. The van der Waals surface area contributed by atoms with Crippen LogP contribution in [-0.2, 0) is 12.1 Å². The van der Waals surface area contributed by atoms with Gasteiger partial charge in [-0.25, -0.2) is 19.0 Å². The molecule has 9 heteroatoms. The van der Waals surface area contributed by atoms with Crippen molar-refractivity contribution in [1.29, 1.82) is 0 Å². The van der Waals surface area contributed by atoms with Crippen molar-refractivity contribution in [1.82, 2.24) is 9.55 Å². The second kappa shape index (κ2) is 6.09. The van der Waals surface area contributed by atoms with Crippen LogP contribution in [0.4, 0.5) is 4.39 Å². The Kier molecular flexibility index (Phi) is 4.53. The number of carboxylic acids is 2. The summed E-state index contributed by atoms with van der Waals surface area (Å²) < 4.78 is 15.7. The maximum atomic E-state index is 14.0. The number of hydrogen-bond donors (Lipinski definition) is 3. The molecule has 0 amide bonds. The fraction of sp³-hybridized carbons (Fsp3) is 0.214. The number of hydrogen-bond acceptors (Lipinski definition) is 4. The molecule has 122 valence electrons. The molecule has 2 aromatic rings. The van der Waals surface area contributed by atoms with Gasteiger partial charge in [-0.05, 0) is 25.1 Å². The van der Waals surface area contributed by atoms with Crippen molar-refractivity contribution in [3.63, 3.8) is 0 Å². The second-order valence-electron chi connectivity index (χ2n) is 5.22. The van der Waals surface area contributed by atoms with Gasteiger partial charge in [-0.1, -0.05) is 15.9 Å². The van der Waals surface area contributed by atoms with E-state index in [-0.39, 0.29) is 12.1 Å². The van der Waals surface area contributed by atoms with E-state index in [0.29, 0.717) is 4.47 Å². The minimum atomic E-state index is -1.46. The predicted molar refractivity (Wildman–Crippen MR) is 81.8 cm³/mol. The molecule has 0 aliphatic carbocycles. The van der Waals surface area contributed by atoms with Gasteiger partial charge in [0.05, 0.1) is 11.9 Å². The van der Waals surface area contributed by atoms with Gasteiger partial charge in [-0.2, -0.15) is 0 Å². The predicted octanol–water partition coefficient (Wildman–Crippen LogP) is 2.06. The number of benzene rings is 1. The minimum Gasteiger partial charge on any atom is -0.476 e. The number of aromatic carboxylic acids is 2. The first kappa shape index (κ1) is 17.1. The summed E-state index contributed by atoms with van der Waals surface area (Å²) in [5.41, 5.74) is 3.92. The summed E-state index contributed by atoms with van der Waals surface area (Å²) in [6, 6.07) is 4.24. The molecular weight excluding hydrogens is 373 g/mol. The highest BCUT2D eigenvalue weighted by Gasteiger charge is 2.30. The molecule has 0 saturated heterocycles. The Morgan fingerprint density at radius 1 is 1.39 bits per heavy atom. The molecule has 1 aromatic heterocycles. The molecule has 0 bridgehead atoms. The van der Waals surface area contributed by atoms with E-state index >= 15 is 0 Å². The summed E-state index contributed by atoms with van der Waals surface area (Å²) in [6.45, 7) is 1.35. The molecule has 4 N–H and O–H groups in total. The lowest BCUT2D eigenvalue weighted by Crippen LogP contribution is -2.39. The summed E-state index contributed by atoms with van der Waals surface area (Å²) in [5.74, 6) is -3.47. The zero-order valence-corrected chi connectivity index (χ0v) is 13.5. The van der Waals surface area contributed by atoms with Crippen LogP contribution in [0.15, 0.2) is 29.0 Å². The molecule has 0 aliphatic rings. The average Bonchev–Trinajstić information content (AvgIpc) is 2.84. The van der Waals surface area contributed by atoms with E-state index in [1.54, 1.807) is 0 Å². The number of aromatic nitrogens is 2. The van der Waals surface area contributed by atoms with Crippen molar-refractivity contribution < 1.29 is 24.2 Å². The Bertz CT molecular complexity index is 788. The highest BCUT2D eigenvalue weighted by Crippen LogP contribution is 2.27. The number of imidazole rings is 1. The quantitative estimate of drug-likeness (QED) is 0.724. The van der Waals surface area contributed by atoms with Crippen molar-refractivity contribution in [3.05, 3.63) is 51.8 Å². The number of nitrogens with two attached hydrogens (primary N) is 1. The van der Waals surface area contributed by atoms with Crippen LogP contribution in [0, 0.1) is 5.82 Å². The van der Waals surface area contributed by atoms with E-state index in [4.69, 9.17) is 10.8 Å². The molecule has 0 aliphatic heterocycles.